The average Bonchev–Trinajstić information content (AvgIpc) is 2.75. The Labute approximate surface area is 177 Å². The number of hydrogen-bond acceptors (Lipinski definition) is 5. The maximum atomic E-state index is 12.5. The molecule has 2 heterocycles. The smallest absolute Gasteiger partial charge is 0.228 e. The number of likely N-dealkylation sites (N-methyl/N-ethyl adjacent to an activating group) is 1. The van der Waals surface area contributed by atoms with E-state index in [9.17, 15) is 4.79 Å². The van der Waals surface area contributed by atoms with Gasteiger partial charge < -0.3 is 19.9 Å². The minimum atomic E-state index is -0.0424. The Morgan fingerprint density at radius 1 is 1.07 bits per heavy atom. The third kappa shape index (κ3) is 4.54. The van der Waals surface area contributed by atoms with E-state index in [4.69, 9.17) is 9.72 Å². The summed E-state index contributed by atoms with van der Waals surface area (Å²) in [5.74, 6) is 1.77. The summed E-state index contributed by atoms with van der Waals surface area (Å²) in [5, 5.41) is 4.07. The molecule has 0 spiro atoms. The van der Waals surface area contributed by atoms with Gasteiger partial charge in [-0.15, -0.1) is 0 Å². The van der Waals surface area contributed by atoms with Crippen molar-refractivity contribution in [1.29, 1.82) is 0 Å². The number of carbonyl (C=O) groups is 1. The van der Waals surface area contributed by atoms with Crippen LogP contribution in [-0.2, 0) is 11.2 Å². The highest BCUT2D eigenvalue weighted by molar-refractivity contribution is 5.95. The fourth-order valence-corrected chi connectivity index (χ4v) is 3.79. The SMILES string of the molecule is COc1ccc(CC(=O)Nc2ccc3nc(N4CCN(C)CC4)cc(C)c3c2)cc1. The van der Waals surface area contributed by atoms with Gasteiger partial charge in [-0.3, -0.25) is 4.79 Å². The number of nitrogens with zero attached hydrogens (tertiary/aromatic N) is 3. The highest BCUT2D eigenvalue weighted by atomic mass is 16.5. The van der Waals surface area contributed by atoms with Crippen LogP contribution in [0.25, 0.3) is 10.9 Å². The molecule has 0 saturated carbocycles. The van der Waals surface area contributed by atoms with Crippen LogP contribution in [-0.4, -0.2) is 56.1 Å². The number of fused-ring (bicyclic) bond motifs is 1. The largest absolute Gasteiger partial charge is 0.497 e. The van der Waals surface area contributed by atoms with Gasteiger partial charge in [-0.1, -0.05) is 12.1 Å². The number of methoxy groups -OCH3 is 1. The van der Waals surface area contributed by atoms with Crippen molar-refractivity contribution < 1.29 is 9.53 Å². The Morgan fingerprint density at radius 2 is 1.80 bits per heavy atom. The maximum absolute atomic E-state index is 12.5. The number of rotatable bonds is 5. The Hall–Kier alpha value is -3.12. The summed E-state index contributed by atoms with van der Waals surface area (Å²) < 4.78 is 5.16. The van der Waals surface area contributed by atoms with Gasteiger partial charge in [0.05, 0.1) is 19.0 Å². The van der Waals surface area contributed by atoms with Crippen molar-refractivity contribution in [2.45, 2.75) is 13.3 Å². The summed E-state index contributed by atoms with van der Waals surface area (Å²) in [6.45, 7) is 6.20. The van der Waals surface area contributed by atoms with Crippen LogP contribution in [0.2, 0.25) is 0 Å². The van der Waals surface area contributed by atoms with Crippen LogP contribution in [0.5, 0.6) is 5.75 Å². The van der Waals surface area contributed by atoms with E-state index in [2.05, 4.69) is 35.2 Å². The van der Waals surface area contributed by atoms with Crippen molar-refractivity contribution >= 4 is 28.3 Å². The number of aromatic nitrogens is 1. The molecule has 1 fully saturated rings. The Balaban J connectivity index is 1.48. The van der Waals surface area contributed by atoms with E-state index in [1.54, 1.807) is 7.11 Å². The average molecular weight is 405 g/mol. The molecule has 0 radical (unpaired) electrons. The van der Waals surface area contributed by atoms with Crippen LogP contribution in [0.3, 0.4) is 0 Å². The number of aryl methyl sites for hydroxylation is 1. The van der Waals surface area contributed by atoms with Crippen molar-refractivity contribution in [1.82, 2.24) is 9.88 Å². The van der Waals surface area contributed by atoms with Gasteiger partial charge in [-0.05, 0) is 61.5 Å². The molecule has 1 amide bonds. The van der Waals surface area contributed by atoms with Crippen molar-refractivity contribution in [2.24, 2.45) is 0 Å². The number of benzene rings is 2. The molecule has 2 aromatic carbocycles. The summed E-state index contributed by atoms with van der Waals surface area (Å²) in [7, 11) is 3.78. The number of hydrogen-bond donors (Lipinski definition) is 1. The van der Waals surface area contributed by atoms with Gasteiger partial charge in [0.25, 0.3) is 0 Å². The van der Waals surface area contributed by atoms with Gasteiger partial charge in [-0.25, -0.2) is 4.98 Å². The molecule has 156 valence electrons. The molecule has 1 aliphatic heterocycles. The Kier molecular flexibility index (Phi) is 5.86. The fourth-order valence-electron chi connectivity index (χ4n) is 3.79. The highest BCUT2D eigenvalue weighted by Crippen LogP contribution is 2.26. The molecule has 0 bridgehead atoms. The second-order valence-corrected chi connectivity index (χ2v) is 7.89. The lowest BCUT2D eigenvalue weighted by Gasteiger charge is -2.33. The third-order valence-corrected chi connectivity index (χ3v) is 5.64. The molecule has 1 aliphatic rings. The Morgan fingerprint density at radius 3 is 2.50 bits per heavy atom. The Bertz CT molecular complexity index is 1040. The fraction of sp³-hybridized carbons (Fsp3) is 0.333. The van der Waals surface area contributed by atoms with Gasteiger partial charge >= 0.3 is 0 Å². The molecule has 6 heteroatoms. The van der Waals surface area contributed by atoms with E-state index in [1.165, 1.54) is 5.56 Å². The standard InChI is InChI=1S/C24H28N4O2/c1-17-14-23(28-12-10-27(2)11-13-28)26-22-9-6-19(16-21(17)22)25-24(29)15-18-4-7-20(30-3)8-5-18/h4-9,14,16H,10-13,15H2,1-3H3,(H,25,29). The first-order valence-electron chi connectivity index (χ1n) is 10.3. The molecule has 1 N–H and O–H groups in total. The van der Waals surface area contributed by atoms with Crippen LogP contribution in [0, 0.1) is 6.92 Å². The van der Waals surface area contributed by atoms with E-state index in [0.717, 1.165) is 59.9 Å². The van der Waals surface area contributed by atoms with Crippen LogP contribution >= 0.6 is 0 Å². The molecule has 0 atom stereocenters. The summed E-state index contributed by atoms with van der Waals surface area (Å²) in [6, 6.07) is 15.6. The number of amides is 1. The highest BCUT2D eigenvalue weighted by Gasteiger charge is 2.16. The lowest BCUT2D eigenvalue weighted by Crippen LogP contribution is -2.44. The van der Waals surface area contributed by atoms with Crippen LogP contribution in [0.1, 0.15) is 11.1 Å². The predicted octanol–water partition coefficient (Wildman–Crippen LogP) is 3.48. The summed E-state index contributed by atoms with van der Waals surface area (Å²) in [6.07, 6.45) is 0.321. The number of carbonyl (C=O) groups excluding carboxylic acids is 1. The normalized spacial score (nSPS) is 14.7. The monoisotopic (exact) mass is 404 g/mol. The molecule has 1 aromatic heterocycles. The lowest BCUT2D eigenvalue weighted by atomic mass is 10.1. The number of piperazine rings is 1. The number of nitrogens with one attached hydrogen (secondary N) is 1. The lowest BCUT2D eigenvalue weighted by molar-refractivity contribution is -0.115. The molecular weight excluding hydrogens is 376 g/mol. The first kappa shape index (κ1) is 20.2. The van der Waals surface area contributed by atoms with Crippen molar-refractivity contribution in [3.63, 3.8) is 0 Å². The van der Waals surface area contributed by atoms with E-state index < -0.39 is 0 Å². The van der Waals surface area contributed by atoms with E-state index in [1.807, 2.05) is 42.5 Å². The summed E-state index contributed by atoms with van der Waals surface area (Å²) in [5.41, 5.74) is 3.86. The molecule has 0 aliphatic carbocycles. The molecule has 1 saturated heterocycles. The summed E-state index contributed by atoms with van der Waals surface area (Å²) >= 11 is 0. The minimum absolute atomic E-state index is 0.0424. The number of ether oxygens (including phenoxy) is 1. The molecule has 6 nitrogen and oxygen atoms in total. The first-order chi connectivity index (χ1) is 14.5. The topological polar surface area (TPSA) is 57.7 Å². The maximum Gasteiger partial charge on any atom is 0.228 e. The zero-order chi connectivity index (χ0) is 21.1. The van der Waals surface area contributed by atoms with Crippen molar-refractivity contribution in [3.05, 3.63) is 59.7 Å². The molecule has 4 rings (SSSR count). The molecule has 3 aromatic rings. The minimum Gasteiger partial charge on any atom is -0.497 e. The molecule has 30 heavy (non-hydrogen) atoms. The van der Waals surface area contributed by atoms with Gasteiger partial charge in [0.1, 0.15) is 11.6 Å². The van der Waals surface area contributed by atoms with Crippen molar-refractivity contribution in [3.8, 4) is 5.75 Å². The number of anilines is 2. The first-order valence-corrected chi connectivity index (χ1v) is 10.3. The van der Waals surface area contributed by atoms with Crippen LogP contribution in [0.4, 0.5) is 11.5 Å². The number of pyridine rings is 1. The van der Waals surface area contributed by atoms with Gasteiger partial charge in [0, 0.05) is 37.3 Å². The van der Waals surface area contributed by atoms with Gasteiger partial charge in [0.15, 0.2) is 0 Å². The summed E-state index contributed by atoms with van der Waals surface area (Å²) in [4.78, 5) is 22.0. The van der Waals surface area contributed by atoms with Crippen LogP contribution in [0.15, 0.2) is 48.5 Å². The van der Waals surface area contributed by atoms with Crippen molar-refractivity contribution in [2.75, 3.05) is 50.6 Å². The molecular formula is C24H28N4O2. The van der Waals surface area contributed by atoms with E-state index in [0.29, 0.717) is 6.42 Å². The predicted molar refractivity (Wildman–Crippen MR) is 122 cm³/mol. The van der Waals surface area contributed by atoms with Gasteiger partial charge in [-0.2, -0.15) is 0 Å². The third-order valence-electron chi connectivity index (χ3n) is 5.64. The van der Waals surface area contributed by atoms with Gasteiger partial charge in [0.2, 0.25) is 5.91 Å². The quantitative estimate of drug-likeness (QED) is 0.706. The van der Waals surface area contributed by atoms with Crippen LogP contribution < -0.4 is 15.0 Å². The van der Waals surface area contributed by atoms with E-state index >= 15 is 0 Å². The zero-order valence-electron chi connectivity index (χ0n) is 17.8. The second-order valence-electron chi connectivity index (χ2n) is 7.89. The second kappa shape index (κ2) is 8.71. The zero-order valence-corrected chi connectivity index (χ0v) is 17.8. The molecule has 0 unspecified atom stereocenters. The van der Waals surface area contributed by atoms with E-state index in [-0.39, 0.29) is 5.91 Å².